The molecule has 0 aliphatic carbocycles. The van der Waals surface area contributed by atoms with Crippen LogP contribution in [0, 0.1) is 0 Å². The zero-order valence-corrected chi connectivity index (χ0v) is 18.0. The Hall–Kier alpha value is -1.87. The largest absolute Gasteiger partial charge is 0.378 e. The fraction of sp³-hybridized carbons (Fsp3) is 0.381. The molecule has 2 heterocycles. The molecule has 0 bridgehead atoms. The first kappa shape index (κ1) is 20.4. The Morgan fingerprint density at radius 2 is 1.76 bits per heavy atom. The summed E-state index contributed by atoms with van der Waals surface area (Å²) in [5.41, 5.74) is 2.67. The number of carbonyl (C=O) groups is 1. The van der Waals surface area contributed by atoms with Crippen LogP contribution in [0.1, 0.15) is 21.5 Å². The predicted octanol–water partition coefficient (Wildman–Crippen LogP) is 2.63. The molecule has 4 rings (SSSR count). The van der Waals surface area contributed by atoms with Crippen molar-refractivity contribution in [2.45, 2.75) is 22.8 Å². The third-order valence-corrected chi connectivity index (χ3v) is 8.07. The van der Waals surface area contributed by atoms with Gasteiger partial charge in [0.1, 0.15) is 0 Å². The third kappa shape index (κ3) is 4.07. The summed E-state index contributed by atoms with van der Waals surface area (Å²) in [5, 5.41) is 0. The van der Waals surface area contributed by atoms with E-state index in [4.69, 9.17) is 4.74 Å². The Labute approximate surface area is 175 Å². The molecule has 0 saturated carbocycles. The monoisotopic (exact) mass is 432 g/mol. The Bertz CT molecular complexity index is 1020. The van der Waals surface area contributed by atoms with Gasteiger partial charge in [-0.25, -0.2) is 8.42 Å². The second kappa shape index (κ2) is 8.47. The van der Waals surface area contributed by atoms with Crippen molar-refractivity contribution in [1.82, 2.24) is 9.21 Å². The van der Waals surface area contributed by atoms with Crippen LogP contribution in [0.25, 0.3) is 0 Å². The number of nitrogens with zero attached hydrogens (tertiary/aromatic N) is 2. The highest BCUT2D eigenvalue weighted by atomic mass is 32.2. The Morgan fingerprint density at radius 1 is 1.03 bits per heavy atom. The second-order valence-corrected chi connectivity index (χ2v) is 9.91. The van der Waals surface area contributed by atoms with E-state index in [1.54, 1.807) is 23.1 Å². The fourth-order valence-electron chi connectivity index (χ4n) is 3.78. The number of amides is 1. The van der Waals surface area contributed by atoms with Crippen LogP contribution in [0.3, 0.4) is 0 Å². The van der Waals surface area contributed by atoms with E-state index in [0.717, 1.165) is 10.5 Å². The van der Waals surface area contributed by atoms with Gasteiger partial charge in [-0.2, -0.15) is 4.31 Å². The maximum Gasteiger partial charge on any atom is 0.255 e. The van der Waals surface area contributed by atoms with Crippen LogP contribution >= 0.6 is 11.8 Å². The molecule has 6 nitrogen and oxygen atoms in total. The first-order chi connectivity index (χ1) is 14.0. The van der Waals surface area contributed by atoms with Gasteiger partial charge < -0.3 is 9.64 Å². The van der Waals surface area contributed by atoms with E-state index in [1.807, 2.05) is 30.5 Å². The average Bonchev–Trinajstić information content (AvgIpc) is 2.78. The standard InChI is InChI=1S/C21H24N2O4S2/c1-28-20-7-6-18(14-19(20)21(24)22-10-12-27-13-11-22)29(25,26)23-9-8-16-4-2-3-5-17(16)15-23/h2-7,14H,8-13,15H2,1H3. The lowest BCUT2D eigenvalue weighted by Crippen LogP contribution is -2.41. The molecule has 0 spiro atoms. The van der Waals surface area contributed by atoms with E-state index >= 15 is 0 Å². The molecular weight excluding hydrogens is 408 g/mol. The maximum absolute atomic E-state index is 13.3. The second-order valence-electron chi connectivity index (χ2n) is 7.12. The molecule has 2 aliphatic heterocycles. The van der Waals surface area contributed by atoms with E-state index in [2.05, 4.69) is 0 Å². The van der Waals surface area contributed by atoms with Crippen LogP contribution in [-0.4, -0.2) is 62.6 Å². The van der Waals surface area contributed by atoms with Crippen molar-refractivity contribution in [3.05, 3.63) is 59.2 Å². The highest BCUT2D eigenvalue weighted by molar-refractivity contribution is 7.98. The molecule has 0 N–H and O–H groups in total. The first-order valence-corrected chi connectivity index (χ1v) is 12.3. The van der Waals surface area contributed by atoms with Gasteiger partial charge in [0, 0.05) is 31.1 Å². The smallest absolute Gasteiger partial charge is 0.255 e. The molecule has 2 aromatic rings. The number of thioether (sulfide) groups is 1. The first-order valence-electron chi connectivity index (χ1n) is 9.62. The molecular formula is C21H24N2O4S2. The molecule has 2 aliphatic rings. The summed E-state index contributed by atoms with van der Waals surface area (Å²) in [7, 11) is -3.69. The third-order valence-electron chi connectivity index (χ3n) is 5.43. The number of hydrogen-bond donors (Lipinski definition) is 0. The molecule has 1 amide bonds. The molecule has 154 valence electrons. The Balaban J connectivity index is 1.65. The van der Waals surface area contributed by atoms with Crippen LogP contribution < -0.4 is 0 Å². The Kier molecular flexibility index (Phi) is 5.96. The normalized spacial score (nSPS) is 17.8. The maximum atomic E-state index is 13.3. The van der Waals surface area contributed by atoms with Crippen molar-refractivity contribution < 1.29 is 17.9 Å². The van der Waals surface area contributed by atoms with Crippen molar-refractivity contribution in [1.29, 1.82) is 0 Å². The highest BCUT2D eigenvalue weighted by Gasteiger charge is 2.30. The van der Waals surface area contributed by atoms with Gasteiger partial charge in [-0.3, -0.25) is 4.79 Å². The average molecular weight is 433 g/mol. The minimum Gasteiger partial charge on any atom is -0.378 e. The lowest BCUT2D eigenvalue weighted by molar-refractivity contribution is 0.0300. The number of benzene rings is 2. The SMILES string of the molecule is CSc1ccc(S(=O)(=O)N2CCc3ccccc3C2)cc1C(=O)N1CCOCC1. The van der Waals surface area contributed by atoms with E-state index in [0.29, 0.717) is 51.4 Å². The van der Waals surface area contributed by atoms with Gasteiger partial charge in [0.05, 0.1) is 23.7 Å². The fourth-order valence-corrected chi connectivity index (χ4v) is 5.79. The number of rotatable bonds is 4. The van der Waals surface area contributed by atoms with Gasteiger partial charge in [0.15, 0.2) is 0 Å². The van der Waals surface area contributed by atoms with Gasteiger partial charge in [-0.05, 0) is 42.0 Å². The molecule has 0 unspecified atom stereocenters. The predicted molar refractivity (Wildman–Crippen MR) is 113 cm³/mol. The van der Waals surface area contributed by atoms with E-state index in [1.165, 1.54) is 21.6 Å². The summed E-state index contributed by atoms with van der Waals surface area (Å²) >= 11 is 1.45. The summed E-state index contributed by atoms with van der Waals surface area (Å²) < 4.78 is 33.5. The minimum atomic E-state index is -3.69. The van der Waals surface area contributed by atoms with Gasteiger partial charge in [0.25, 0.3) is 5.91 Å². The molecule has 0 atom stereocenters. The van der Waals surface area contributed by atoms with Gasteiger partial charge in [-0.15, -0.1) is 11.8 Å². The van der Waals surface area contributed by atoms with Crippen LogP contribution in [0.4, 0.5) is 0 Å². The Morgan fingerprint density at radius 3 is 2.48 bits per heavy atom. The van der Waals surface area contributed by atoms with Crippen molar-refractivity contribution in [2.24, 2.45) is 0 Å². The molecule has 1 fully saturated rings. The minimum absolute atomic E-state index is 0.140. The van der Waals surface area contributed by atoms with Crippen LogP contribution in [0.5, 0.6) is 0 Å². The summed E-state index contributed by atoms with van der Waals surface area (Å²) in [5.74, 6) is -0.140. The molecule has 8 heteroatoms. The number of ether oxygens (including phenoxy) is 1. The summed E-state index contributed by atoms with van der Waals surface area (Å²) in [6, 6.07) is 12.8. The summed E-state index contributed by atoms with van der Waals surface area (Å²) in [6.07, 6.45) is 2.58. The lowest BCUT2D eigenvalue weighted by atomic mass is 10.0. The van der Waals surface area contributed by atoms with Crippen molar-refractivity contribution >= 4 is 27.7 Å². The topological polar surface area (TPSA) is 66.9 Å². The van der Waals surface area contributed by atoms with Crippen LogP contribution in [0.15, 0.2) is 52.3 Å². The van der Waals surface area contributed by atoms with Gasteiger partial charge in [0.2, 0.25) is 10.0 Å². The summed E-state index contributed by atoms with van der Waals surface area (Å²) in [6.45, 7) is 2.85. The van der Waals surface area contributed by atoms with Crippen LogP contribution in [-0.2, 0) is 27.7 Å². The number of fused-ring (bicyclic) bond motifs is 1. The van der Waals surface area contributed by atoms with Gasteiger partial charge in [-0.1, -0.05) is 24.3 Å². The van der Waals surface area contributed by atoms with Crippen molar-refractivity contribution in [3.63, 3.8) is 0 Å². The molecule has 2 aromatic carbocycles. The van der Waals surface area contributed by atoms with E-state index in [-0.39, 0.29) is 10.8 Å². The highest BCUT2D eigenvalue weighted by Crippen LogP contribution is 2.29. The molecule has 29 heavy (non-hydrogen) atoms. The lowest BCUT2D eigenvalue weighted by Gasteiger charge is -2.29. The van der Waals surface area contributed by atoms with Crippen molar-refractivity contribution in [3.8, 4) is 0 Å². The van der Waals surface area contributed by atoms with E-state index in [9.17, 15) is 13.2 Å². The molecule has 0 aromatic heterocycles. The quantitative estimate of drug-likeness (QED) is 0.695. The summed E-state index contributed by atoms with van der Waals surface area (Å²) in [4.78, 5) is 15.7. The number of morpholine rings is 1. The van der Waals surface area contributed by atoms with Crippen LogP contribution in [0.2, 0.25) is 0 Å². The zero-order chi connectivity index (χ0) is 20.4. The van der Waals surface area contributed by atoms with Crippen molar-refractivity contribution in [2.75, 3.05) is 39.1 Å². The van der Waals surface area contributed by atoms with E-state index < -0.39 is 10.0 Å². The number of carbonyl (C=O) groups excluding carboxylic acids is 1. The number of sulfonamides is 1. The zero-order valence-electron chi connectivity index (χ0n) is 16.3. The number of hydrogen-bond acceptors (Lipinski definition) is 5. The molecule has 0 radical (unpaired) electrons. The van der Waals surface area contributed by atoms with Gasteiger partial charge >= 0.3 is 0 Å². The molecule has 1 saturated heterocycles.